The number of halogens is 1. The molecule has 3 N–H and O–H groups in total. The predicted molar refractivity (Wildman–Crippen MR) is 83.0 cm³/mol. The van der Waals surface area contributed by atoms with Crippen molar-refractivity contribution in [3.63, 3.8) is 0 Å². The minimum Gasteiger partial charge on any atom is -0.398 e. The van der Waals surface area contributed by atoms with E-state index in [4.69, 9.17) is 5.73 Å². The molecule has 5 nitrogen and oxygen atoms in total. The number of aryl methyl sites for hydroxylation is 1. The number of nitrogens with two attached hydrogens (primary N) is 1. The first kappa shape index (κ1) is 14.8. The summed E-state index contributed by atoms with van der Waals surface area (Å²) in [6, 6.07) is 8.02. The summed E-state index contributed by atoms with van der Waals surface area (Å²) in [6.07, 6.45) is 2.20. The second-order valence-corrected chi connectivity index (χ2v) is 6.68. The Morgan fingerprint density at radius 3 is 2.60 bits per heavy atom. The van der Waals surface area contributed by atoms with E-state index in [1.807, 2.05) is 6.92 Å². The Morgan fingerprint density at radius 1 is 1.30 bits per heavy atom. The third-order valence-electron chi connectivity index (χ3n) is 2.79. The number of hydrogen-bond acceptors (Lipinski definition) is 4. The Morgan fingerprint density at radius 2 is 2.05 bits per heavy atom. The predicted octanol–water partition coefficient (Wildman–Crippen LogP) is 2.79. The van der Waals surface area contributed by atoms with Gasteiger partial charge in [0.25, 0.3) is 10.0 Å². The van der Waals surface area contributed by atoms with Crippen LogP contribution < -0.4 is 10.5 Å². The fourth-order valence-corrected chi connectivity index (χ4v) is 3.03. The van der Waals surface area contributed by atoms with E-state index in [0.717, 1.165) is 12.0 Å². The second kappa shape index (κ2) is 5.80. The standard InChI is InChI=1S/C13H14BrN3O2S/c1-2-9-3-5-11(7-12(9)15)20(18,19)17-10-4-6-13(14)16-8-10/h3-8,17H,2,15H2,1H3. The normalized spacial score (nSPS) is 11.3. The van der Waals surface area contributed by atoms with Crippen molar-refractivity contribution in [2.45, 2.75) is 18.2 Å². The number of pyridine rings is 1. The van der Waals surface area contributed by atoms with Crippen molar-refractivity contribution >= 4 is 37.3 Å². The summed E-state index contributed by atoms with van der Waals surface area (Å²) in [4.78, 5) is 4.10. The molecule has 0 saturated carbocycles. The average molecular weight is 356 g/mol. The van der Waals surface area contributed by atoms with Crippen molar-refractivity contribution in [3.8, 4) is 0 Å². The van der Waals surface area contributed by atoms with Crippen molar-refractivity contribution in [2.24, 2.45) is 0 Å². The lowest BCUT2D eigenvalue weighted by Crippen LogP contribution is -2.13. The molecule has 1 heterocycles. The number of nitrogen functional groups attached to an aromatic ring is 1. The van der Waals surface area contributed by atoms with E-state index in [1.54, 1.807) is 24.3 Å². The van der Waals surface area contributed by atoms with Gasteiger partial charge >= 0.3 is 0 Å². The number of nitrogens with zero attached hydrogens (tertiary/aromatic N) is 1. The smallest absolute Gasteiger partial charge is 0.262 e. The highest BCUT2D eigenvalue weighted by Crippen LogP contribution is 2.21. The number of anilines is 2. The number of nitrogens with one attached hydrogen (secondary N) is 1. The van der Waals surface area contributed by atoms with E-state index in [1.165, 1.54) is 12.3 Å². The molecule has 7 heteroatoms. The zero-order valence-corrected chi connectivity index (χ0v) is 13.2. The Bertz CT molecular complexity index is 715. The zero-order chi connectivity index (χ0) is 14.8. The van der Waals surface area contributed by atoms with Gasteiger partial charge in [-0.15, -0.1) is 0 Å². The van der Waals surface area contributed by atoms with Crippen LogP contribution in [-0.2, 0) is 16.4 Å². The molecule has 0 unspecified atom stereocenters. The van der Waals surface area contributed by atoms with Gasteiger partial charge in [0, 0.05) is 5.69 Å². The largest absolute Gasteiger partial charge is 0.398 e. The van der Waals surface area contributed by atoms with Gasteiger partial charge in [-0.3, -0.25) is 4.72 Å². The molecule has 0 saturated heterocycles. The fraction of sp³-hybridized carbons (Fsp3) is 0.154. The molecule has 0 radical (unpaired) electrons. The van der Waals surface area contributed by atoms with E-state index >= 15 is 0 Å². The summed E-state index contributed by atoms with van der Waals surface area (Å²) in [5.74, 6) is 0. The van der Waals surface area contributed by atoms with Gasteiger partial charge < -0.3 is 5.73 Å². The summed E-state index contributed by atoms with van der Waals surface area (Å²) >= 11 is 3.19. The molecule has 0 bridgehead atoms. The lowest BCUT2D eigenvalue weighted by Gasteiger charge is -2.10. The summed E-state index contributed by atoms with van der Waals surface area (Å²) in [5, 5.41) is 0. The SMILES string of the molecule is CCc1ccc(S(=O)(=O)Nc2ccc(Br)nc2)cc1N. The molecule has 106 valence electrons. The van der Waals surface area contributed by atoms with Crippen LogP contribution in [0, 0.1) is 0 Å². The maximum atomic E-state index is 12.2. The first-order valence-corrected chi connectivity index (χ1v) is 8.23. The molecule has 2 aromatic rings. The third kappa shape index (κ3) is 3.29. The van der Waals surface area contributed by atoms with Crippen molar-refractivity contribution in [1.82, 2.24) is 4.98 Å². The van der Waals surface area contributed by atoms with Crippen LogP contribution in [0.1, 0.15) is 12.5 Å². The molecular weight excluding hydrogens is 342 g/mol. The maximum absolute atomic E-state index is 12.2. The molecule has 2 rings (SSSR count). The van der Waals surface area contributed by atoms with Crippen LogP contribution in [0.3, 0.4) is 0 Å². The van der Waals surface area contributed by atoms with Crippen LogP contribution in [0.15, 0.2) is 46.0 Å². The van der Waals surface area contributed by atoms with E-state index in [2.05, 4.69) is 25.6 Å². The number of benzene rings is 1. The van der Waals surface area contributed by atoms with E-state index in [-0.39, 0.29) is 4.90 Å². The minimum atomic E-state index is -3.66. The highest BCUT2D eigenvalue weighted by molar-refractivity contribution is 9.10. The van der Waals surface area contributed by atoms with E-state index < -0.39 is 10.0 Å². The maximum Gasteiger partial charge on any atom is 0.262 e. The molecule has 0 spiro atoms. The van der Waals surface area contributed by atoms with Gasteiger partial charge in [-0.1, -0.05) is 13.0 Å². The minimum absolute atomic E-state index is 0.134. The molecule has 20 heavy (non-hydrogen) atoms. The van der Waals surface area contributed by atoms with Gasteiger partial charge in [0.15, 0.2) is 0 Å². The van der Waals surface area contributed by atoms with Gasteiger partial charge in [-0.25, -0.2) is 13.4 Å². The zero-order valence-electron chi connectivity index (χ0n) is 10.8. The van der Waals surface area contributed by atoms with E-state index in [0.29, 0.717) is 16.0 Å². The van der Waals surface area contributed by atoms with Gasteiger partial charge in [0.2, 0.25) is 0 Å². The average Bonchev–Trinajstić information content (AvgIpc) is 2.41. The fourth-order valence-electron chi connectivity index (χ4n) is 1.71. The summed E-state index contributed by atoms with van der Waals surface area (Å²) in [6.45, 7) is 1.96. The number of hydrogen-bond donors (Lipinski definition) is 2. The number of sulfonamides is 1. The van der Waals surface area contributed by atoms with Crippen molar-refractivity contribution in [3.05, 3.63) is 46.7 Å². The molecule has 0 atom stereocenters. The monoisotopic (exact) mass is 355 g/mol. The number of aromatic nitrogens is 1. The molecule has 0 aliphatic carbocycles. The van der Waals surface area contributed by atoms with Crippen molar-refractivity contribution < 1.29 is 8.42 Å². The Balaban J connectivity index is 2.30. The first-order chi connectivity index (χ1) is 9.42. The third-order valence-corrected chi connectivity index (χ3v) is 4.64. The lowest BCUT2D eigenvalue weighted by atomic mass is 10.1. The summed E-state index contributed by atoms with van der Waals surface area (Å²) in [7, 11) is -3.66. The van der Waals surface area contributed by atoms with Crippen molar-refractivity contribution in [2.75, 3.05) is 10.5 Å². The van der Waals surface area contributed by atoms with Gasteiger partial charge in [-0.05, 0) is 52.2 Å². The van der Waals surface area contributed by atoms with E-state index in [9.17, 15) is 8.42 Å². The first-order valence-electron chi connectivity index (χ1n) is 5.95. The lowest BCUT2D eigenvalue weighted by molar-refractivity contribution is 0.601. The summed E-state index contributed by atoms with van der Waals surface area (Å²) < 4.78 is 27.6. The van der Waals surface area contributed by atoms with Gasteiger partial charge in [0.1, 0.15) is 4.60 Å². The van der Waals surface area contributed by atoms with Gasteiger partial charge in [-0.2, -0.15) is 0 Å². The molecule has 0 amide bonds. The Hall–Kier alpha value is -1.60. The van der Waals surface area contributed by atoms with Gasteiger partial charge in [0.05, 0.1) is 16.8 Å². The highest BCUT2D eigenvalue weighted by Gasteiger charge is 2.15. The number of rotatable bonds is 4. The highest BCUT2D eigenvalue weighted by atomic mass is 79.9. The quantitative estimate of drug-likeness (QED) is 0.652. The van der Waals surface area contributed by atoms with Crippen LogP contribution in [0.25, 0.3) is 0 Å². The molecular formula is C13H14BrN3O2S. The Labute approximate surface area is 126 Å². The van der Waals surface area contributed by atoms with Crippen LogP contribution in [0.4, 0.5) is 11.4 Å². The Kier molecular flexibility index (Phi) is 4.29. The topological polar surface area (TPSA) is 85.1 Å². The molecule has 1 aromatic heterocycles. The van der Waals surface area contributed by atoms with Crippen LogP contribution in [-0.4, -0.2) is 13.4 Å². The second-order valence-electron chi connectivity index (χ2n) is 4.19. The van der Waals surface area contributed by atoms with Crippen molar-refractivity contribution in [1.29, 1.82) is 0 Å². The van der Waals surface area contributed by atoms with Crippen LogP contribution in [0.2, 0.25) is 0 Å². The summed E-state index contributed by atoms with van der Waals surface area (Å²) in [5.41, 5.74) is 7.63. The van der Waals surface area contributed by atoms with Crippen LogP contribution >= 0.6 is 15.9 Å². The molecule has 0 fully saturated rings. The van der Waals surface area contributed by atoms with Crippen LogP contribution in [0.5, 0.6) is 0 Å². The molecule has 0 aliphatic rings. The molecule has 1 aromatic carbocycles. The molecule has 0 aliphatic heterocycles.